The van der Waals surface area contributed by atoms with Gasteiger partial charge in [0.1, 0.15) is 39.3 Å². The third kappa shape index (κ3) is 10.9. The molecule has 2 atom stereocenters. The van der Waals surface area contributed by atoms with Crippen LogP contribution < -0.4 is 39.1 Å². The lowest BCUT2D eigenvalue weighted by molar-refractivity contribution is -0.108. The van der Waals surface area contributed by atoms with E-state index in [-0.39, 0.29) is 53.4 Å². The first-order chi connectivity index (χ1) is 30.9. The van der Waals surface area contributed by atoms with Crippen molar-refractivity contribution in [2.75, 3.05) is 47.6 Å². The van der Waals surface area contributed by atoms with E-state index in [1.54, 1.807) is 110 Å². The minimum absolute atomic E-state index is 0.0787. The maximum absolute atomic E-state index is 11.9. The van der Waals surface area contributed by atoms with E-state index in [2.05, 4.69) is 19.9 Å². The maximum Gasteiger partial charge on any atom is 0.221 e. The molecule has 0 saturated carbocycles. The molecule has 67 heavy (non-hydrogen) atoms. The fraction of sp³-hybridized carbons (Fsp3) is 0.375. The summed E-state index contributed by atoms with van der Waals surface area (Å²) in [5.74, 6) is 0.200. The van der Waals surface area contributed by atoms with Crippen molar-refractivity contribution in [3.8, 4) is 34.3 Å². The molecule has 0 amide bonds. The molecule has 6 heterocycles. The van der Waals surface area contributed by atoms with Gasteiger partial charge in [0.15, 0.2) is 0 Å². The summed E-state index contributed by atoms with van der Waals surface area (Å²) in [5, 5.41) is 44.5. The van der Waals surface area contributed by atoms with Crippen LogP contribution in [0.3, 0.4) is 0 Å². The van der Waals surface area contributed by atoms with E-state index in [0.717, 1.165) is 0 Å². The van der Waals surface area contributed by atoms with Crippen LogP contribution in [0.5, 0.6) is 11.8 Å². The molecule has 6 rings (SSSR count). The summed E-state index contributed by atoms with van der Waals surface area (Å²) in [6, 6.07) is 16.2. The zero-order valence-electron chi connectivity index (χ0n) is 39.5. The Morgan fingerprint density at radius 3 is 1.22 bits per heavy atom. The number of aliphatic hydroxyl groups is 4. The van der Waals surface area contributed by atoms with Gasteiger partial charge in [0, 0.05) is 35.7 Å². The summed E-state index contributed by atoms with van der Waals surface area (Å²) in [4.78, 5) is 27.4. The fourth-order valence-corrected chi connectivity index (χ4v) is 7.39. The normalized spacial score (nSPS) is 14.4. The van der Waals surface area contributed by atoms with Crippen molar-refractivity contribution in [3.05, 3.63) is 107 Å². The van der Waals surface area contributed by atoms with Crippen LogP contribution in [0.1, 0.15) is 103 Å². The molecule has 0 aliphatic carbocycles. The number of nitrogens with zero attached hydrogens (tertiary/aromatic N) is 6. The molecule has 6 aromatic rings. The van der Waals surface area contributed by atoms with Crippen molar-refractivity contribution in [1.29, 1.82) is 0 Å². The van der Waals surface area contributed by atoms with Gasteiger partial charge in [0.25, 0.3) is 0 Å². The van der Waals surface area contributed by atoms with E-state index in [1.165, 1.54) is 32.0 Å². The van der Waals surface area contributed by atoms with Crippen molar-refractivity contribution in [2.24, 2.45) is 0 Å². The van der Waals surface area contributed by atoms with Gasteiger partial charge < -0.3 is 69.0 Å². The molecule has 356 valence electrons. The van der Waals surface area contributed by atoms with Crippen molar-refractivity contribution in [3.63, 3.8) is 0 Å². The highest BCUT2D eigenvalue weighted by atomic mass is 16.5. The van der Waals surface area contributed by atoms with Crippen molar-refractivity contribution in [2.45, 2.75) is 103 Å². The standard InChI is InChI=1S/C48H62N12O7/c1-43(2,61)37-31(53)19-25(21-55-37)26-20-32(54)39(56-22-26)45(5,6)65-23-47(9,63)41-29(51)12-16-34(58-41)33-15-11-28(50)40(57-33)46(7,8)66-24-48(10,64)42-30(52)14-18-36(60-42)67-35-17-13-27(49)38(59-35)44(3,4)62/h11-22,61-64H,23-24,49-54H2,1-10H3. The zero-order chi connectivity index (χ0) is 49.7. The number of ether oxygens (including phenoxy) is 3. The second-order valence-corrected chi connectivity index (χ2v) is 19.1. The molecule has 0 radical (unpaired) electrons. The summed E-state index contributed by atoms with van der Waals surface area (Å²) >= 11 is 0. The van der Waals surface area contributed by atoms with Crippen molar-refractivity contribution >= 4 is 34.1 Å². The van der Waals surface area contributed by atoms with E-state index in [9.17, 15) is 20.4 Å². The van der Waals surface area contributed by atoms with Crippen LogP contribution in [-0.4, -0.2) is 63.5 Å². The monoisotopic (exact) mass is 918 g/mol. The Kier molecular flexibility index (Phi) is 13.2. The Bertz CT molecular complexity index is 2800. The number of nitrogen functional groups attached to an aromatic ring is 6. The van der Waals surface area contributed by atoms with Gasteiger partial charge in [0.05, 0.1) is 87.2 Å². The van der Waals surface area contributed by atoms with Gasteiger partial charge in [0.2, 0.25) is 11.8 Å². The molecule has 0 aliphatic heterocycles. The van der Waals surface area contributed by atoms with Gasteiger partial charge in [-0.05, 0) is 118 Å². The van der Waals surface area contributed by atoms with E-state index in [4.69, 9.17) is 58.6 Å². The predicted octanol–water partition coefficient (Wildman–Crippen LogP) is 5.45. The molecule has 6 aromatic heterocycles. The SMILES string of the molecule is CC(C)(O)c1ncc(-c2cnc(C(C)(C)OCC(C)(O)c3nc(-c4ccc(N)c(C(C)(C)OCC(C)(O)c5nc(Oc6ccc(N)c(C(C)(C)O)n6)ccc5N)n4)ccc3N)c(N)c2)cc1N. The highest BCUT2D eigenvalue weighted by molar-refractivity contribution is 5.70. The topological polar surface area (TPSA) is 342 Å². The smallest absolute Gasteiger partial charge is 0.221 e. The Hall–Kier alpha value is -6.74. The van der Waals surface area contributed by atoms with Crippen LogP contribution in [0.4, 0.5) is 34.1 Å². The molecule has 0 aliphatic rings. The van der Waals surface area contributed by atoms with Gasteiger partial charge in [-0.3, -0.25) is 9.97 Å². The number of aromatic nitrogens is 6. The van der Waals surface area contributed by atoms with Gasteiger partial charge in [-0.2, -0.15) is 0 Å². The molecule has 0 aromatic carbocycles. The minimum atomic E-state index is -1.74. The lowest BCUT2D eigenvalue weighted by Crippen LogP contribution is -2.36. The molecule has 19 nitrogen and oxygen atoms in total. The third-order valence-electron chi connectivity index (χ3n) is 11.0. The Labute approximate surface area is 389 Å². The first-order valence-corrected chi connectivity index (χ1v) is 21.4. The van der Waals surface area contributed by atoms with Crippen LogP contribution in [0.25, 0.3) is 22.5 Å². The Balaban J connectivity index is 1.17. The van der Waals surface area contributed by atoms with E-state index in [0.29, 0.717) is 62.3 Å². The second-order valence-electron chi connectivity index (χ2n) is 19.1. The van der Waals surface area contributed by atoms with Gasteiger partial charge in [-0.15, -0.1) is 0 Å². The summed E-state index contributed by atoms with van der Waals surface area (Å²) < 4.78 is 18.5. The van der Waals surface area contributed by atoms with Gasteiger partial charge >= 0.3 is 0 Å². The molecular formula is C48H62N12O7. The Morgan fingerprint density at radius 2 is 0.776 bits per heavy atom. The van der Waals surface area contributed by atoms with Crippen LogP contribution >= 0.6 is 0 Å². The van der Waals surface area contributed by atoms with E-state index >= 15 is 0 Å². The fourth-order valence-electron chi connectivity index (χ4n) is 7.39. The number of nitrogens with two attached hydrogens (primary N) is 6. The molecule has 16 N–H and O–H groups in total. The van der Waals surface area contributed by atoms with Crippen LogP contribution in [0.2, 0.25) is 0 Å². The number of rotatable bonds is 16. The zero-order valence-corrected chi connectivity index (χ0v) is 39.5. The molecule has 19 heteroatoms. The molecule has 0 bridgehead atoms. The molecule has 2 unspecified atom stereocenters. The number of pyridine rings is 6. The van der Waals surface area contributed by atoms with Crippen LogP contribution in [0, 0.1) is 0 Å². The minimum Gasteiger partial charge on any atom is -0.421 e. The highest BCUT2D eigenvalue weighted by Crippen LogP contribution is 2.38. The van der Waals surface area contributed by atoms with Gasteiger partial charge in [-0.25, -0.2) is 19.9 Å². The van der Waals surface area contributed by atoms with Crippen LogP contribution in [0.15, 0.2) is 73.1 Å². The lowest BCUT2D eigenvalue weighted by Gasteiger charge is -2.32. The largest absolute Gasteiger partial charge is 0.421 e. The average Bonchev–Trinajstić information content (AvgIpc) is 3.23. The van der Waals surface area contributed by atoms with Gasteiger partial charge in [-0.1, -0.05) is 0 Å². The van der Waals surface area contributed by atoms with Crippen LogP contribution in [-0.2, 0) is 43.1 Å². The first kappa shape index (κ1) is 49.7. The molecule has 0 fully saturated rings. The predicted molar refractivity (Wildman–Crippen MR) is 258 cm³/mol. The average molecular weight is 919 g/mol. The van der Waals surface area contributed by atoms with Crippen molar-refractivity contribution in [1.82, 2.24) is 29.9 Å². The second kappa shape index (κ2) is 17.8. The van der Waals surface area contributed by atoms with E-state index in [1.807, 2.05) is 0 Å². The molecule has 0 saturated heterocycles. The summed E-state index contributed by atoms with van der Waals surface area (Å²) in [6.07, 6.45) is 3.22. The first-order valence-electron chi connectivity index (χ1n) is 21.4. The highest BCUT2D eigenvalue weighted by Gasteiger charge is 2.36. The maximum atomic E-state index is 11.9. The number of hydrogen-bond donors (Lipinski definition) is 10. The molecule has 0 spiro atoms. The summed E-state index contributed by atoms with van der Waals surface area (Å²) in [5.41, 5.74) is 35.1. The van der Waals surface area contributed by atoms with E-state index < -0.39 is 33.6 Å². The quantitative estimate of drug-likeness (QED) is 0.0577. The summed E-state index contributed by atoms with van der Waals surface area (Å²) in [7, 11) is 0. The number of hydrogen-bond acceptors (Lipinski definition) is 19. The van der Waals surface area contributed by atoms with Crippen molar-refractivity contribution < 1.29 is 34.6 Å². The summed E-state index contributed by atoms with van der Waals surface area (Å²) in [6.45, 7) is 15.9. The number of anilines is 6. The lowest BCUT2D eigenvalue weighted by atomic mass is 9.97. The Morgan fingerprint density at radius 1 is 0.418 bits per heavy atom. The molecular weight excluding hydrogens is 857 g/mol. The third-order valence-corrected chi connectivity index (χ3v) is 11.0.